The van der Waals surface area contributed by atoms with Crippen LogP contribution >= 0.6 is 0 Å². The van der Waals surface area contributed by atoms with Gasteiger partial charge in [-0.3, -0.25) is 4.90 Å². The summed E-state index contributed by atoms with van der Waals surface area (Å²) < 4.78 is 41.0. The van der Waals surface area contributed by atoms with E-state index in [0.29, 0.717) is 13.0 Å². The van der Waals surface area contributed by atoms with Crippen molar-refractivity contribution in [2.45, 2.75) is 55.5 Å². The molecule has 4 unspecified atom stereocenters. The number of likely N-dealkylation sites (tertiary alicyclic amines) is 1. The van der Waals surface area contributed by atoms with Gasteiger partial charge in [0, 0.05) is 38.2 Å². The number of benzene rings is 4. The molecule has 2 saturated heterocycles. The number of nitrogens with one attached hydrogen (secondary N) is 1. The van der Waals surface area contributed by atoms with Crippen molar-refractivity contribution in [3.8, 4) is 11.1 Å². The second kappa shape index (κ2) is 13.7. The van der Waals surface area contributed by atoms with E-state index in [0.717, 1.165) is 52.9 Å². The predicted octanol–water partition coefficient (Wildman–Crippen LogP) is 4.94. The van der Waals surface area contributed by atoms with Gasteiger partial charge in [0.2, 0.25) is 10.0 Å². The third-order valence-electron chi connectivity index (χ3n) is 8.29. The lowest BCUT2D eigenvalue weighted by Gasteiger charge is -2.37. The molecule has 6 rings (SSSR count). The number of ether oxygens (including phenoxy) is 2. The Morgan fingerprint density at radius 3 is 2.27 bits per heavy atom. The zero-order chi connectivity index (χ0) is 30.5. The molecule has 230 valence electrons. The molecule has 2 aliphatic rings. The van der Waals surface area contributed by atoms with Crippen LogP contribution in [0.4, 0.5) is 0 Å². The minimum atomic E-state index is -3.60. The molecular weight excluding hydrogens is 576 g/mol. The fourth-order valence-electron chi connectivity index (χ4n) is 5.85. The Hall–Kier alpha value is -3.41. The van der Waals surface area contributed by atoms with E-state index in [9.17, 15) is 18.6 Å². The van der Waals surface area contributed by atoms with Crippen molar-refractivity contribution in [3.05, 3.63) is 125 Å². The van der Waals surface area contributed by atoms with Crippen LogP contribution in [0.1, 0.15) is 47.5 Å². The maximum atomic E-state index is 12.7. The number of β-amino-alcohol motifs (C(OH)–C–C–N with tert-alkyl or cyclic N) is 1. The van der Waals surface area contributed by atoms with Gasteiger partial charge in [0.25, 0.3) is 0 Å². The van der Waals surface area contributed by atoms with Crippen LogP contribution in [0, 0.1) is 0 Å². The predicted molar refractivity (Wildman–Crippen MR) is 168 cm³/mol. The maximum Gasteiger partial charge on any atom is 0.240 e. The second-order valence-electron chi connectivity index (χ2n) is 11.5. The van der Waals surface area contributed by atoms with E-state index < -0.39 is 16.3 Å². The van der Waals surface area contributed by atoms with Crippen molar-refractivity contribution in [3.63, 3.8) is 0 Å². The molecule has 44 heavy (non-hydrogen) atoms. The van der Waals surface area contributed by atoms with Crippen LogP contribution in [0.25, 0.3) is 11.1 Å². The van der Waals surface area contributed by atoms with Gasteiger partial charge in [0.05, 0.1) is 29.8 Å². The maximum absolute atomic E-state index is 12.7. The highest BCUT2D eigenvalue weighted by atomic mass is 32.2. The largest absolute Gasteiger partial charge is 0.392 e. The first-order valence-electron chi connectivity index (χ1n) is 15.0. The number of sulfonamides is 1. The first kappa shape index (κ1) is 30.6. The van der Waals surface area contributed by atoms with Crippen molar-refractivity contribution in [2.24, 2.45) is 0 Å². The first-order chi connectivity index (χ1) is 21.4. The smallest absolute Gasteiger partial charge is 0.240 e. The average molecular weight is 615 g/mol. The minimum Gasteiger partial charge on any atom is -0.392 e. The Labute approximate surface area is 258 Å². The molecule has 4 aromatic carbocycles. The molecule has 2 fully saturated rings. The van der Waals surface area contributed by atoms with Crippen LogP contribution in [-0.4, -0.2) is 55.4 Å². The molecule has 4 aromatic rings. The van der Waals surface area contributed by atoms with E-state index in [-0.39, 0.29) is 36.4 Å². The molecule has 4 atom stereocenters. The average Bonchev–Trinajstić information content (AvgIpc) is 3.48. The van der Waals surface area contributed by atoms with Crippen LogP contribution in [0.5, 0.6) is 0 Å². The molecule has 0 saturated carbocycles. The normalized spacial score (nSPS) is 22.7. The van der Waals surface area contributed by atoms with Gasteiger partial charge >= 0.3 is 0 Å². The standard InChI is InChI=1S/C35H38N2O6S/c38-24-25-9-11-28(12-10-25)34-20-32(23-37-18-17-31(39)22-37)42-35(43-34)29-15-13-27(14-16-29)30-6-4-5-26(19-30)21-36-44(40,41)33-7-2-1-3-8-33/h1-16,19,31-32,34-36,38-39H,17-18,20-24H2. The zero-order valence-corrected chi connectivity index (χ0v) is 25.3. The molecule has 0 bridgehead atoms. The quantitative estimate of drug-likeness (QED) is 0.232. The van der Waals surface area contributed by atoms with E-state index in [1.165, 1.54) is 0 Å². The number of rotatable bonds is 10. The van der Waals surface area contributed by atoms with Crippen molar-refractivity contribution < 1.29 is 28.1 Å². The topological polar surface area (TPSA) is 108 Å². The van der Waals surface area contributed by atoms with Gasteiger partial charge < -0.3 is 19.7 Å². The SMILES string of the molecule is O=S(=O)(NCc1cccc(-c2ccc(C3OC(CN4CCC(O)C4)CC(c4ccc(CO)cc4)O3)cc2)c1)c1ccccc1. The summed E-state index contributed by atoms with van der Waals surface area (Å²) in [6, 6.07) is 32.1. The summed E-state index contributed by atoms with van der Waals surface area (Å²) in [5.74, 6) is 0. The summed E-state index contributed by atoms with van der Waals surface area (Å²) in [6.45, 7) is 2.41. The second-order valence-corrected chi connectivity index (χ2v) is 13.3. The fraction of sp³-hybridized carbons (Fsp3) is 0.314. The molecule has 0 aromatic heterocycles. The number of hydrogen-bond donors (Lipinski definition) is 3. The van der Waals surface area contributed by atoms with Gasteiger partial charge in [-0.2, -0.15) is 0 Å². The van der Waals surface area contributed by atoms with E-state index in [2.05, 4.69) is 9.62 Å². The molecule has 3 N–H and O–H groups in total. The van der Waals surface area contributed by atoms with Crippen molar-refractivity contribution >= 4 is 10.0 Å². The van der Waals surface area contributed by atoms with E-state index >= 15 is 0 Å². The highest BCUT2D eigenvalue weighted by Gasteiger charge is 2.34. The zero-order valence-electron chi connectivity index (χ0n) is 24.5. The number of nitrogens with zero attached hydrogens (tertiary/aromatic N) is 1. The summed E-state index contributed by atoms with van der Waals surface area (Å²) in [5.41, 5.74) is 5.63. The highest BCUT2D eigenvalue weighted by Crippen LogP contribution is 2.39. The Balaban J connectivity index is 1.16. The molecule has 0 radical (unpaired) electrons. The van der Waals surface area contributed by atoms with Crippen LogP contribution in [0.2, 0.25) is 0 Å². The van der Waals surface area contributed by atoms with E-state index in [1.807, 2.05) is 72.8 Å². The van der Waals surface area contributed by atoms with Crippen LogP contribution in [0.3, 0.4) is 0 Å². The molecule has 9 heteroatoms. The third-order valence-corrected chi connectivity index (χ3v) is 9.70. The van der Waals surface area contributed by atoms with Crippen molar-refractivity contribution in [2.75, 3.05) is 19.6 Å². The molecule has 2 heterocycles. The van der Waals surface area contributed by atoms with Gasteiger partial charge in [-0.1, -0.05) is 84.9 Å². The Kier molecular flexibility index (Phi) is 9.53. The summed E-state index contributed by atoms with van der Waals surface area (Å²) in [6.07, 6.45) is 0.382. The van der Waals surface area contributed by atoms with Crippen LogP contribution < -0.4 is 4.72 Å². The van der Waals surface area contributed by atoms with Gasteiger partial charge in [-0.05, 0) is 52.4 Å². The summed E-state index contributed by atoms with van der Waals surface area (Å²) >= 11 is 0. The Morgan fingerprint density at radius 2 is 1.57 bits per heavy atom. The van der Waals surface area contributed by atoms with Gasteiger partial charge in [-0.15, -0.1) is 0 Å². The molecular formula is C35H38N2O6S. The molecule has 0 aliphatic carbocycles. The molecule has 0 amide bonds. The van der Waals surface area contributed by atoms with Crippen molar-refractivity contribution in [1.82, 2.24) is 9.62 Å². The lowest BCUT2D eigenvalue weighted by atomic mass is 9.99. The summed E-state index contributed by atoms with van der Waals surface area (Å²) in [7, 11) is -3.60. The third kappa shape index (κ3) is 7.44. The Morgan fingerprint density at radius 1 is 0.818 bits per heavy atom. The first-order valence-corrected chi connectivity index (χ1v) is 16.5. The van der Waals surface area contributed by atoms with Gasteiger partial charge in [0.1, 0.15) is 0 Å². The van der Waals surface area contributed by atoms with E-state index in [1.54, 1.807) is 30.3 Å². The number of aliphatic hydroxyl groups excluding tert-OH is 2. The van der Waals surface area contributed by atoms with Gasteiger partial charge in [-0.25, -0.2) is 13.1 Å². The highest BCUT2D eigenvalue weighted by molar-refractivity contribution is 7.89. The number of aliphatic hydroxyl groups is 2. The van der Waals surface area contributed by atoms with Crippen LogP contribution in [-0.2, 0) is 32.6 Å². The Bertz CT molecular complexity index is 1630. The molecule has 0 spiro atoms. The fourth-order valence-corrected chi connectivity index (χ4v) is 6.89. The summed E-state index contributed by atoms with van der Waals surface area (Å²) in [5, 5.41) is 19.5. The monoisotopic (exact) mass is 614 g/mol. The summed E-state index contributed by atoms with van der Waals surface area (Å²) in [4.78, 5) is 2.49. The van der Waals surface area contributed by atoms with E-state index in [4.69, 9.17) is 9.47 Å². The molecule has 8 nitrogen and oxygen atoms in total. The molecule has 2 aliphatic heterocycles. The lowest BCUT2D eigenvalue weighted by molar-refractivity contribution is -0.252. The lowest BCUT2D eigenvalue weighted by Crippen LogP contribution is -2.38. The van der Waals surface area contributed by atoms with Crippen molar-refractivity contribution in [1.29, 1.82) is 0 Å². The number of hydrogen-bond acceptors (Lipinski definition) is 7. The van der Waals surface area contributed by atoms with Gasteiger partial charge in [0.15, 0.2) is 6.29 Å². The van der Waals surface area contributed by atoms with Crippen LogP contribution in [0.15, 0.2) is 108 Å². The minimum absolute atomic E-state index is 0.00396.